The number of nitrogens with one attached hydrogen (secondary N) is 1. The van der Waals surface area contributed by atoms with Crippen molar-refractivity contribution in [1.29, 1.82) is 0 Å². The summed E-state index contributed by atoms with van der Waals surface area (Å²) in [6.07, 6.45) is 3.26. The van der Waals surface area contributed by atoms with Gasteiger partial charge in [0.15, 0.2) is 0 Å². The van der Waals surface area contributed by atoms with Crippen LogP contribution in [0.15, 0.2) is 29.2 Å². The fraction of sp³-hybridized carbons (Fsp3) is 0.538. The molecule has 1 aromatic carbocycles. The van der Waals surface area contributed by atoms with Crippen molar-refractivity contribution < 1.29 is 8.42 Å². The second-order valence-corrected chi connectivity index (χ2v) is 6.53. The summed E-state index contributed by atoms with van der Waals surface area (Å²) < 4.78 is 26.5. The smallest absolute Gasteiger partial charge is 0.208 e. The Hall–Kier alpha value is -0.520. The summed E-state index contributed by atoms with van der Waals surface area (Å²) >= 11 is 4.07. The number of aryl methyl sites for hydroxylation is 1. The van der Waals surface area contributed by atoms with Gasteiger partial charge in [-0.15, -0.1) is 0 Å². The molecule has 1 aromatic rings. The predicted molar refractivity (Wildman–Crippen MR) is 78.7 cm³/mol. The summed E-state index contributed by atoms with van der Waals surface area (Å²) in [5, 5.41) is 0. The highest BCUT2D eigenvalue weighted by Gasteiger charge is 2.16. The molecule has 102 valence electrons. The number of rotatable bonds is 7. The highest BCUT2D eigenvalue weighted by atomic mass is 32.2. The molecule has 0 bridgehead atoms. The minimum atomic E-state index is -3.41. The standard InChI is InChI=1S/C13H21NO2S2/c1-3-4-5-12-6-8-13(9-7-12)18(15,16)14-11(2)10-17/h6-9,11,14,17H,3-5,10H2,1-2H3. The van der Waals surface area contributed by atoms with E-state index in [1.54, 1.807) is 19.1 Å². The van der Waals surface area contributed by atoms with Gasteiger partial charge < -0.3 is 0 Å². The molecule has 0 amide bonds. The van der Waals surface area contributed by atoms with Crippen LogP contribution in [0.1, 0.15) is 32.3 Å². The van der Waals surface area contributed by atoms with Gasteiger partial charge in [-0.1, -0.05) is 25.5 Å². The van der Waals surface area contributed by atoms with E-state index in [0.29, 0.717) is 10.6 Å². The van der Waals surface area contributed by atoms with Crippen LogP contribution in [0.2, 0.25) is 0 Å². The van der Waals surface area contributed by atoms with Gasteiger partial charge >= 0.3 is 0 Å². The molecule has 1 unspecified atom stereocenters. The van der Waals surface area contributed by atoms with E-state index in [1.165, 1.54) is 5.56 Å². The normalized spacial score (nSPS) is 13.5. The lowest BCUT2D eigenvalue weighted by Gasteiger charge is -2.12. The Balaban J connectivity index is 2.77. The second-order valence-electron chi connectivity index (χ2n) is 4.45. The van der Waals surface area contributed by atoms with E-state index in [4.69, 9.17) is 0 Å². The van der Waals surface area contributed by atoms with Gasteiger partial charge in [-0.2, -0.15) is 12.6 Å². The van der Waals surface area contributed by atoms with Crippen molar-refractivity contribution in [2.75, 3.05) is 5.75 Å². The van der Waals surface area contributed by atoms with Crippen LogP contribution in [-0.2, 0) is 16.4 Å². The van der Waals surface area contributed by atoms with Gasteiger partial charge in [0, 0.05) is 11.8 Å². The largest absolute Gasteiger partial charge is 0.240 e. The maximum absolute atomic E-state index is 12.0. The Bertz CT molecular complexity index is 454. The van der Waals surface area contributed by atoms with Gasteiger partial charge in [0.2, 0.25) is 10.0 Å². The summed E-state index contributed by atoms with van der Waals surface area (Å²) in [4.78, 5) is 0.316. The van der Waals surface area contributed by atoms with Crippen LogP contribution >= 0.6 is 12.6 Å². The molecule has 1 N–H and O–H groups in total. The summed E-state index contributed by atoms with van der Waals surface area (Å²) in [5.41, 5.74) is 1.18. The van der Waals surface area contributed by atoms with Crippen LogP contribution in [0.5, 0.6) is 0 Å². The lowest BCUT2D eigenvalue weighted by atomic mass is 10.1. The van der Waals surface area contributed by atoms with Crippen molar-refractivity contribution in [3.63, 3.8) is 0 Å². The number of hydrogen-bond donors (Lipinski definition) is 2. The van der Waals surface area contributed by atoms with E-state index in [1.807, 2.05) is 12.1 Å². The van der Waals surface area contributed by atoms with Gasteiger partial charge in [0.05, 0.1) is 4.90 Å². The van der Waals surface area contributed by atoms with Crippen LogP contribution in [0.25, 0.3) is 0 Å². The quantitative estimate of drug-likeness (QED) is 0.757. The van der Waals surface area contributed by atoms with Crippen LogP contribution in [0.3, 0.4) is 0 Å². The molecule has 3 nitrogen and oxygen atoms in total. The maximum atomic E-state index is 12.0. The number of sulfonamides is 1. The molecule has 0 heterocycles. The second kappa shape index (κ2) is 7.16. The highest BCUT2D eigenvalue weighted by molar-refractivity contribution is 7.89. The zero-order valence-corrected chi connectivity index (χ0v) is 12.6. The first-order chi connectivity index (χ1) is 8.49. The lowest BCUT2D eigenvalue weighted by molar-refractivity contribution is 0.571. The molecule has 0 aliphatic heterocycles. The summed E-state index contributed by atoms with van der Waals surface area (Å²) in [7, 11) is -3.41. The van der Waals surface area contributed by atoms with Crippen molar-refractivity contribution in [2.45, 2.75) is 44.0 Å². The average Bonchev–Trinajstić information content (AvgIpc) is 2.36. The monoisotopic (exact) mass is 287 g/mol. The van der Waals surface area contributed by atoms with Crippen molar-refractivity contribution in [3.8, 4) is 0 Å². The SMILES string of the molecule is CCCCc1ccc(S(=O)(=O)NC(C)CS)cc1. The Morgan fingerprint density at radius 1 is 1.28 bits per heavy atom. The van der Waals surface area contributed by atoms with Crippen LogP contribution < -0.4 is 4.72 Å². The molecule has 18 heavy (non-hydrogen) atoms. The zero-order valence-electron chi connectivity index (χ0n) is 10.9. The van der Waals surface area contributed by atoms with Crippen molar-refractivity contribution >= 4 is 22.7 Å². The number of unbranched alkanes of at least 4 members (excludes halogenated alkanes) is 1. The third kappa shape index (κ3) is 4.63. The third-order valence-electron chi connectivity index (χ3n) is 2.68. The molecule has 1 rings (SSSR count). The van der Waals surface area contributed by atoms with Gasteiger partial charge in [0.1, 0.15) is 0 Å². The molecule has 0 aliphatic carbocycles. The van der Waals surface area contributed by atoms with E-state index in [0.717, 1.165) is 19.3 Å². The third-order valence-corrected chi connectivity index (χ3v) is 4.84. The van der Waals surface area contributed by atoms with Gasteiger partial charge in [-0.3, -0.25) is 0 Å². The number of thiol groups is 1. The fourth-order valence-corrected chi connectivity index (χ4v) is 3.04. The molecule has 0 radical (unpaired) electrons. The summed E-state index contributed by atoms with van der Waals surface area (Å²) in [5.74, 6) is 0.480. The van der Waals surface area contributed by atoms with Gasteiger partial charge in [-0.05, 0) is 37.5 Å². The molecular formula is C13H21NO2S2. The first-order valence-corrected chi connectivity index (χ1v) is 8.33. The van der Waals surface area contributed by atoms with E-state index in [2.05, 4.69) is 24.3 Å². The minimum Gasteiger partial charge on any atom is -0.208 e. The Kier molecular flexibility index (Phi) is 6.18. The molecule has 0 saturated carbocycles. The Labute approximate surface area is 115 Å². The minimum absolute atomic E-state index is 0.168. The molecular weight excluding hydrogens is 266 g/mol. The molecule has 1 atom stereocenters. The topological polar surface area (TPSA) is 46.2 Å². The summed E-state index contributed by atoms with van der Waals surface area (Å²) in [6.45, 7) is 3.93. The zero-order chi connectivity index (χ0) is 13.6. The molecule has 0 aromatic heterocycles. The van der Waals surface area contributed by atoms with Crippen molar-refractivity contribution in [1.82, 2.24) is 4.72 Å². The van der Waals surface area contributed by atoms with Crippen molar-refractivity contribution in [3.05, 3.63) is 29.8 Å². The Morgan fingerprint density at radius 2 is 1.89 bits per heavy atom. The van der Waals surface area contributed by atoms with Crippen molar-refractivity contribution in [2.24, 2.45) is 0 Å². The Morgan fingerprint density at radius 3 is 2.39 bits per heavy atom. The van der Waals surface area contributed by atoms with E-state index in [9.17, 15) is 8.42 Å². The maximum Gasteiger partial charge on any atom is 0.240 e. The van der Waals surface area contributed by atoms with E-state index in [-0.39, 0.29) is 6.04 Å². The lowest BCUT2D eigenvalue weighted by Crippen LogP contribution is -2.33. The van der Waals surface area contributed by atoms with Gasteiger partial charge in [-0.25, -0.2) is 13.1 Å². The molecule has 0 aliphatic rings. The van der Waals surface area contributed by atoms with Crippen LogP contribution in [-0.4, -0.2) is 20.2 Å². The molecule has 5 heteroatoms. The molecule has 0 spiro atoms. The number of benzene rings is 1. The van der Waals surface area contributed by atoms with Crippen LogP contribution in [0.4, 0.5) is 0 Å². The highest BCUT2D eigenvalue weighted by Crippen LogP contribution is 2.13. The first kappa shape index (κ1) is 15.5. The fourth-order valence-electron chi connectivity index (χ4n) is 1.59. The number of hydrogen-bond acceptors (Lipinski definition) is 3. The summed E-state index contributed by atoms with van der Waals surface area (Å²) in [6, 6.07) is 6.93. The van der Waals surface area contributed by atoms with Gasteiger partial charge in [0.25, 0.3) is 0 Å². The van der Waals surface area contributed by atoms with E-state index < -0.39 is 10.0 Å². The molecule has 0 fully saturated rings. The predicted octanol–water partition coefficient (Wildman–Crippen LogP) is 2.63. The van der Waals surface area contributed by atoms with E-state index >= 15 is 0 Å². The van der Waals surface area contributed by atoms with Crippen LogP contribution in [0, 0.1) is 0 Å². The molecule has 0 saturated heterocycles. The first-order valence-electron chi connectivity index (χ1n) is 6.21. The average molecular weight is 287 g/mol.